The van der Waals surface area contributed by atoms with Crippen LogP contribution < -0.4 is 0 Å². The number of nitro groups is 1. The molecule has 0 N–H and O–H groups in total. The van der Waals surface area contributed by atoms with Gasteiger partial charge in [-0.2, -0.15) is 0 Å². The minimum Gasteiger partial charge on any atom is -0.461 e. The Balaban J connectivity index is 2.57. The maximum Gasteiger partial charge on any atom is 0.270 e. The van der Waals surface area contributed by atoms with Gasteiger partial charge in [-0.05, 0) is 12.1 Å². The Morgan fingerprint density at radius 2 is 2.07 bits per heavy atom. The number of hydrogen-bond acceptors (Lipinski definition) is 3. The molecule has 4 heteroatoms. The molecule has 0 saturated carbocycles. The monoisotopic (exact) mass is 205 g/mol. The summed E-state index contributed by atoms with van der Waals surface area (Å²) in [6, 6.07) is 6.48. The van der Waals surface area contributed by atoms with Crippen LogP contribution >= 0.6 is 0 Å². The van der Waals surface area contributed by atoms with Crippen LogP contribution in [-0.4, -0.2) is 4.92 Å². The Labute approximate surface area is 86.7 Å². The van der Waals surface area contributed by atoms with E-state index in [-0.39, 0.29) is 11.6 Å². The van der Waals surface area contributed by atoms with Crippen molar-refractivity contribution in [2.24, 2.45) is 0 Å². The molecule has 0 aliphatic rings. The Morgan fingerprint density at radius 1 is 1.33 bits per heavy atom. The first-order valence-electron chi connectivity index (χ1n) is 4.76. The van der Waals surface area contributed by atoms with Crippen LogP contribution in [0.25, 0.3) is 11.0 Å². The molecular weight excluding hydrogens is 194 g/mol. The van der Waals surface area contributed by atoms with E-state index in [4.69, 9.17) is 4.42 Å². The maximum atomic E-state index is 10.6. The summed E-state index contributed by atoms with van der Waals surface area (Å²) in [5.41, 5.74) is 0.794. The lowest BCUT2D eigenvalue weighted by atomic mass is 10.1. The lowest BCUT2D eigenvalue weighted by Crippen LogP contribution is -1.85. The first-order valence-corrected chi connectivity index (χ1v) is 4.76. The topological polar surface area (TPSA) is 56.3 Å². The summed E-state index contributed by atoms with van der Waals surface area (Å²) in [5.74, 6) is 1.14. The molecule has 0 spiro atoms. The molecule has 2 rings (SSSR count). The van der Waals surface area contributed by atoms with Crippen molar-refractivity contribution < 1.29 is 9.34 Å². The van der Waals surface area contributed by atoms with E-state index in [1.165, 1.54) is 12.1 Å². The zero-order valence-corrected chi connectivity index (χ0v) is 8.56. The average molecular weight is 205 g/mol. The molecule has 0 radical (unpaired) electrons. The summed E-state index contributed by atoms with van der Waals surface area (Å²) in [6.45, 7) is 4.04. The van der Waals surface area contributed by atoms with Crippen LogP contribution in [0, 0.1) is 10.1 Å². The van der Waals surface area contributed by atoms with Gasteiger partial charge in [-0.1, -0.05) is 13.8 Å². The van der Waals surface area contributed by atoms with Crippen LogP contribution in [-0.2, 0) is 0 Å². The van der Waals surface area contributed by atoms with E-state index in [9.17, 15) is 10.1 Å². The number of nitrogens with zero attached hydrogens (tertiary/aromatic N) is 1. The highest BCUT2D eigenvalue weighted by molar-refractivity contribution is 5.80. The molecule has 1 aromatic carbocycles. The molecule has 0 unspecified atom stereocenters. The number of fused-ring (bicyclic) bond motifs is 1. The van der Waals surface area contributed by atoms with Gasteiger partial charge in [0.05, 0.1) is 4.92 Å². The van der Waals surface area contributed by atoms with E-state index in [0.717, 1.165) is 11.1 Å². The van der Waals surface area contributed by atoms with E-state index in [1.807, 2.05) is 19.9 Å². The molecule has 0 saturated heterocycles. The van der Waals surface area contributed by atoms with E-state index >= 15 is 0 Å². The van der Waals surface area contributed by atoms with Crippen LogP contribution in [0.5, 0.6) is 0 Å². The maximum absolute atomic E-state index is 10.6. The van der Waals surface area contributed by atoms with Crippen molar-refractivity contribution >= 4 is 16.7 Å². The van der Waals surface area contributed by atoms with Gasteiger partial charge in [0.15, 0.2) is 0 Å². The highest BCUT2D eigenvalue weighted by Gasteiger charge is 2.11. The smallest absolute Gasteiger partial charge is 0.270 e. The molecule has 1 heterocycles. The summed E-state index contributed by atoms with van der Waals surface area (Å²) in [6.07, 6.45) is 0. The summed E-state index contributed by atoms with van der Waals surface area (Å²) >= 11 is 0. The minimum atomic E-state index is -0.401. The second-order valence-electron chi connectivity index (χ2n) is 3.78. The molecular formula is C11H11NO3. The summed E-state index contributed by atoms with van der Waals surface area (Å²) in [4.78, 5) is 10.2. The standard InChI is InChI=1S/C11H11NO3/c1-7(2)11-6-8-5-9(12(13)14)3-4-10(8)15-11/h3-7H,1-2H3. The first kappa shape index (κ1) is 9.71. The van der Waals surface area contributed by atoms with E-state index < -0.39 is 4.92 Å². The third-order valence-electron chi connectivity index (χ3n) is 2.30. The van der Waals surface area contributed by atoms with Gasteiger partial charge in [-0.25, -0.2) is 0 Å². The van der Waals surface area contributed by atoms with Gasteiger partial charge in [-0.15, -0.1) is 0 Å². The number of benzene rings is 1. The van der Waals surface area contributed by atoms with Gasteiger partial charge in [-0.3, -0.25) is 10.1 Å². The molecule has 4 nitrogen and oxygen atoms in total. The Morgan fingerprint density at radius 3 is 2.67 bits per heavy atom. The van der Waals surface area contributed by atoms with Crippen LogP contribution in [0.4, 0.5) is 5.69 Å². The highest BCUT2D eigenvalue weighted by atomic mass is 16.6. The van der Waals surface area contributed by atoms with Gasteiger partial charge in [0.2, 0.25) is 0 Å². The quantitative estimate of drug-likeness (QED) is 0.557. The molecule has 15 heavy (non-hydrogen) atoms. The highest BCUT2D eigenvalue weighted by Crippen LogP contribution is 2.27. The number of hydrogen-bond donors (Lipinski definition) is 0. The fourth-order valence-corrected chi connectivity index (χ4v) is 1.45. The number of rotatable bonds is 2. The van der Waals surface area contributed by atoms with E-state index in [0.29, 0.717) is 5.58 Å². The molecule has 0 fully saturated rings. The van der Waals surface area contributed by atoms with E-state index in [2.05, 4.69) is 0 Å². The zero-order valence-electron chi connectivity index (χ0n) is 8.56. The summed E-state index contributed by atoms with van der Waals surface area (Å²) in [5, 5.41) is 11.3. The molecule has 0 aliphatic carbocycles. The molecule has 78 valence electrons. The summed E-state index contributed by atoms with van der Waals surface area (Å²) in [7, 11) is 0. The van der Waals surface area contributed by atoms with Crippen molar-refractivity contribution in [1.82, 2.24) is 0 Å². The average Bonchev–Trinajstić information content (AvgIpc) is 2.59. The minimum absolute atomic E-state index is 0.0959. The van der Waals surface area contributed by atoms with Crippen molar-refractivity contribution in [2.75, 3.05) is 0 Å². The Kier molecular flexibility index (Phi) is 2.19. The predicted molar refractivity (Wildman–Crippen MR) is 57.0 cm³/mol. The first-order chi connectivity index (χ1) is 7.08. The lowest BCUT2D eigenvalue weighted by Gasteiger charge is -1.95. The third-order valence-corrected chi connectivity index (χ3v) is 2.30. The van der Waals surface area contributed by atoms with Gasteiger partial charge in [0, 0.05) is 23.4 Å². The van der Waals surface area contributed by atoms with Crippen molar-refractivity contribution in [1.29, 1.82) is 0 Å². The van der Waals surface area contributed by atoms with Crippen LogP contribution in [0.1, 0.15) is 25.5 Å². The van der Waals surface area contributed by atoms with Gasteiger partial charge >= 0.3 is 0 Å². The molecule has 2 aromatic rings. The lowest BCUT2D eigenvalue weighted by molar-refractivity contribution is -0.384. The second-order valence-corrected chi connectivity index (χ2v) is 3.78. The Hall–Kier alpha value is -1.84. The SMILES string of the molecule is CC(C)c1cc2cc([N+](=O)[O-])ccc2o1. The van der Waals surface area contributed by atoms with Crippen molar-refractivity contribution in [3.63, 3.8) is 0 Å². The zero-order chi connectivity index (χ0) is 11.0. The van der Waals surface area contributed by atoms with E-state index in [1.54, 1.807) is 6.07 Å². The number of nitro benzene ring substituents is 1. The van der Waals surface area contributed by atoms with Crippen molar-refractivity contribution in [3.05, 3.63) is 40.1 Å². The fraction of sp³-hybridized carbons (Fsp3) is 0.273. The van der Waals surface area contributed by atoms with Gasteiger partial charge < -0.3 is 4.42 Å². The Bertz CT molecular complexity index is 514. The number of non-ortho nitro benzene ring substituents is 1. The molecule has 1 aromatic heterocycles. The van der Waals surface area contributed by atoms with Crippen LogP contribution in [0.15, 0.2) is 28.7 Å². The third kappa shape index (κ3) is 1.70. The molecule has 0 aliphatic heterocycles. The normalized spacial score (nSPS) is 11.1. The van der Waals surface area contributed by atoms with Crippen molar-refractivity contribution in [3.8, 4) is 0 Å². The molecule has 0 atom stereocenters. The fourth-order valence-electron chi connectivity index (χ4n) is 1.45. The summed E-state index contributed by atoms with van der Waals surface area (Å²) < 4.78 is 5.54. The number of furan rings is 1. The van der Waals surface area contributed by atoms with Crippen LogP contribution in [0.3, 0.4) is 0 Å². The largest absolute Gasteiger partial charge is 0.461 e. The predicted octanol–water partition coefficient (Wildman–Crippen LogP) is 3.46. The second kappa shape index (κ2) is 3.38. The van der Waals surface area contributed by atoms with Gasteiger partial charge in [0.25, 0.3) is 5.69 Å². The van der Waals surface area contributed by atoms with Crippen LogP contribution in [0.2, 0.25) is 0 Å². The molecule has 0 amide bonds. The molecule has 0 bridgehead atoms. The van der Waals surface area contributed by atoms with Crippen molar-refractivity contribution in [2.45, 2.75) is 19.8 Å². The van der Waals surface area contributed by atoms with Gasteiger partial charge in [0.1, 0.15) is 11.3 Å².